The van der Waals surface area contributed by atoms with Gasteiger partial charge in [-0.1, -0.05) is 17.6 Å². The van der Waals surface area contributed by atoms with E-state index in [1.807, 2.05) is 4.90 Å². The molecule has 0 amide bonds. The van der Waals surface area contributed by atoms with Crippen LogP contribution in [-0.4, -0.2) is 28.5 Å². The lowest BCUT2D eigenvalue weighted by atomic mass is 10.0. The molecule has 0 bridgehead atoms. The first-order chi connectivity index (χ1) is 9.11. The molecule has 0 aromatic heterocycles. The molecule has 0 aliphatic carbocycles. The number of hydrogen-bond acceptors (Lipinski definition) is 3. The molecule has 1 aliphatic rings. The van der Waals surface area contributed by atoms with E-state index in [4.69, 9.17) is 10.9 Å². The van der Waals surface area contributed by atoms with Crippen LogP contribution < -0.4 is 5.73 Å². The van der Waals surface area contributed by atoms with Gasteiger partial charge < -0.3 is 10.9 Å². The summed E-state index contributed by atoms with van der Waals surface area (Å²) in [6.07, 6.45) is 2.75. The maximum atomic E-state index is 13.6. The second-order valence-electron chi connectivity index (χ2n) is 4.74. The van der Waals surface area contributed by atoms with Crippen molar-refractivity contribution in [2.45, 2.75) is 31.8 Å². The van der Waals surface area contributed by atoms with Gasteiger partial charge in [-0.3, -0.25) is 4.90 Å². The minimum atomic E-state index is -0.590. The van der Waals surface area contributed by atoms with Crippen molar-refractivity contribution in [2.24, 2.45) is 10.9 Å². The Labute approximate surface area is 110 Å². The molecule has 1 atom stereocenters. The largest absolute Gasteiger partial charge is 0.409 e. The molecular weight excluding hydrogens is 252 g/mol. The summed E-state index contributed by atoms with van der Waals surface area (Å²) < 4.78 is 26.5. The van der Waals surface area contributed by atoms with E-state index in [-0.39, 0.29) is 11.9 Å². The van der Waals surface area contributed by atoms with E-state index < -0.39 is 11.6 Å². The normalized spacial score (nSPS) is 21.6. The molecule has 0 spiro atoms. The molecule has 4 nitrogen and oxygen atoms in total. The predicted octanol–water partition coefficient (Wildman–Crippen LogP) is 2.07. The summed E-state index contributed by atoms with van der Waals surface area (Å²) in [6, 6.07) is 3.35. The highest BCUT2D eigenvalue weighted by molar-refractivity contribution is 5.85. The Bertz CT molecular complexity index is 479. The fourth-order valence-electron chi connectivity index (χ4n) is 2.45. The summed E-state index contributed by atoms with van der Waals surface area (Å²) in [5.41, 5.74) is 6.07. The fourth-order valence-corrected chi connectivity index (χ4v) is 2.45. The van der Waals surface area contributed by atoms with Crippen molar-refractivity contribution in [1.29, 1.82) is 0 Å². The molecule has 1 saturated heterocycles. The van der Waals surface area contributed by atoms with Gasteiger partial charge >= 0.3 is 0 Å². The minimum Gasteiger partial charge on any atom is -0.409 e. The molecular formula is C13H17F2N3O. The number of nitrogens with zero attached hydrogens (tertiary/aromatic N) is 2. The smallest absolute Gasteiger partial charge is 0.156 e. The molecule has 1 fully saturated rings. The van der Waals surface area contributed by atoms with E-state index in [0.29, 0.717) is 12.1 Å². The first-order valence-electron chi connectivity index (χ1n) is 6.27. The highest BCUT2D eigenvalue weighted by atomic mass is 19.1. The molecule has 1 aromatic carbocycles. The van der Waals surface area contributed by atoms with Crippen molar-refractivity contribution >= 4 is 5.84 Å². The van der Waals surface area contributed by atoms with Gasteiger partial charge in [-0.05, 0) is 25.5 Å². The van der Waals surface area contributed by atoms with Gasteiger partial charge in [0.15, 0.2) is 5.84 Å². The molecule has 104 valence electrons. The molecule has 2 rings (SSSR count). The van der Waals surface area contributed by atoms with Crippen LogP contribution in [0.2, 0.25) is 0 Å². The number of oxime groups is 1. The van der Waals surface area contributed by atoms with Crippen LogP contribution in [0.4, 0.5) is 8.78 Å². The van der Waals surface area contributed by atoms with E-state index in [0.717, 1.165) is 31.9 Å². The molecule has 1 aliphatic heterocycles. The summed E-state index contributed by atoms with van der Waals surface area (Å²) in [5, 5.41) is 11.8. The zero-order chi connectivity index (χ0) is 13.8. The number of nitrogens with two attached hydrogens (primary N) is 1. The topological polar surface area (TPSA) is 61.9 Å². The van der Waals surface area contributed by atoms with Crippen molar-refractivity contribution in [3.63, 3.8) is 0 Å². The molecule has 19 heavy (non-hydrogen) atoms. The van der Waals surface area contributed by atoms with E-state index >= 15 is 0 Å². The second-order valence-corrected chi connectivity index (χ2v) is 4.74. The summed E-state index contributed by atoms with van der Waals surface area (Å²) >= 11 is 0. The summed E-state index contributed by atoms with van der Waals surface area (Å²) in [4.78, 5) is 1.95. The first-order valence-corrected chi connectivity index (χ1v) is 6.27. The van der Waals surface area contributed by atoms with Crippen molar-refractivity contribution in [1.82, 2.24) is 4.90 Å². The van der Waals surface area contributed by atoms with Crippen LogP contribution in [0.15, 0.2) is 23.4 Å². The molecule has 0 saturated carbocycles. The van der Waals surface area contributed by atoms with Gasteiger partial charge in [-0.25, -0.2) is 8.78 Å². The Morgan fingerprint density at radius 3 is 2.89 bits per heavy atom. The van der Waals surface area contributed by atoms with Crippen molar-refractivity contribution in [2.75, 3.05) is 6.54 Å². The highest BCUT2D eigenvalue weighted by Gasteiger charge is 2.26. The quantitative estimate of drug-likeness (QED) is 0.382. The van der Waals surface area contributed by atoms with Gasteiger partial charge in [0.1, 0.15) is 11.6 Å². The third kappa shape index (κ3) is 3.20. The van der Waals surface area contributed by atoms with Gasteiger partial charge in [0, 0.05) is 18.2 Å². The van der Waals surface area contributed by atoms with Crippen molar-refractivity contribution in [3.8, 4) is 0 Å². The molecule has 0 radical (unpaired) electrons. The van der Waals surface area contributed by atoms with Crippen molar-refractivity contribution < 1.29 is 14.0 Å². The van der Waals surface area contributed by atoms with Crippen LogP contribution in [-0.2, 0) is 6.54 Å². The Hall–Kier alpha value is -1.69. The van der Waals surface area contributed by atoms with E-state index in [9.17, 15) is 8.78 Å². The van der Waals surface area contributed by atoms with Gasteiger partial charge in [-0.15, -0.1) is 0 Å². The number of piperidine rings is 1. The standard InChI is InChI=1S/C13H17F2N3O/c14-10-5-4-9(11(15)7-10)8-18-6-2-1-3-12(18)13(16)17-19/h4-5,7,12,19H,1-3,6,8H2,(H2,16,17). The van der Waals surface area contributed by atoms with E-state index in [1.165, 1.54) is 12.1 Å². The summed E-state index contributed by atoms with van der Waals surface area (Å²) in [7, 11) is 0. The van der Waals surface area contributed by atoms with E-state index in [2.05, 4.69) is 5.16 Å². The van der Waals surface area contributed by atoms with Gasteiger partial charge in [0.05, 0.1) is 6.04 Å². The SMILES string of the molecule is NC(=NO)C1CCCCN1Cc1ccc(F)cc1F. The molecule has 3 N–H and O–H groups in total. The summed E-state index contributed by atoms with van der Waals surface area (Å²) in [6.45, 7) is 1.07. The number of amidine groups is 1. The zero-order valence-electron chi connectivity index (χ0n) is 10.5. The monoisotopic (exact) mass is 269 g/mol. The lowest BCUT2D eigenvalue weighted by Gasteiger charge is -2.34. The predicted molar refractivity (Wildman–Crippen MR) is 67.8 cm³/mol. The van der Waals surface area contributed by atoms with Gasteiger partial charge in [0.2, 0.25) is 0 Å². The van der Waals surface area contributed by atoms with Crippen LogP contribution in [0.5, 0.6) is 0 Å². The Kier molecular flexibility index (Phi) is 4.31. The number of benzene rings is 1. The third-order valence-corrected chi connectivity index (χ3v) is 3.46. The average Bonchev–Trinajstić information content (AvgIpc) is 2.41. The first kappa shape index (κ1) is 13.7. The van der Waals surface area contributed by atoms with Crippen LogP contribution in [0.25, 0.3) is 0 Å². The fraction of sp³-hybridized carbons (Fsp3) is 0.462. The number of likely N-dealkylation sites (tertiary alicyclic amines) is 1. The lowest BCUT2D eigenvalue weighted by Crippen LogP contribution is -2.47. The van der Waals surface area contributed by atoms with Gasteiger partial charge in [0.25, 0.3) is 0 Å². The second kappa shape index (κ2) is 5.97. The molecule has 1 aromatic rings. The maximum absolute atomic E-state index is 13.6. The summed E-state index contributed by atoms with van der Waals surface area (Å²) in [5.74, 6) is -1.01. The average molecular weight is 269 g/mol. The van der Waals surface area contributed by atoms with Gasteiger partial charge in [-0.2, -0.15) is 0 Å². The number of rotatable bonds is 3. The number of halogens is 2. The molecule has 1 heterocycles. The van der Waals surface area contributed by atoms with Crippen LogP contribution in [0, 0.1) is 11.6 Å². The Morgan fingerprint density at radius 1 is 1.42 bits per heavy atom. The minimum absolute atomic E-state index is 0.141. The van der Waals surface area contributed by atoms with E-state index in [1.54, 1.807) is 0 Å². The molecule has 6 heteroatoms. The third-order valence-electron chi connectivity index (χ3n) is 3.46. The highest BCUT2D eigenvalue weighted by Crippen LogP contribution is 2.21. The van der Waals surface area contributed by atoms with Crippen molar-refractivity contribution in [3.05, 3.63) is 35.4 Å². The molecule has 1 unspecified atom stereocenters. The van der Waals surface area contributed by atoms with Crippen LogP contribution >= 0.6 is 0 Å². The Morgan fingerprint density at radius 2 is 2.21 bits per heavy atom. The Balaban J connectivity index is 2.15. The van der Waals surface area contributed by atoms with Crippen LogP contribution in [0.1, 0.15) is 24.8 Å². The number of hydrogen-bond donors (Lipinski definition) is 2. The van der Waals surface area contributed by atoms with Crippen LogP contribution in [0.3, 0.4) is 0 Å². The lowest BCUT2D eigenvalue weighted by molar-refractivity contribution is 0.176. The maximum Gasteiger partial charge on any atom is 0.156 e. The zero-order valence-corrected chi connectivity index (χ0v) is 10.5.